The maximum Gasteiger partial charge on any atom is 0.269 e. The van der Waals surface area contributed by atoms with Crippen molar-refractivity contribution in [1.82, 2.24) is 25.8 Å². The molecule has 0 atom stereocenters. The van der Waals surface area contributed by atoms with E-state index in [1.54, 1.807) is 6.07 Å². The molecule has 3 aromatic rings. The second-order valence-electron chi connectivity index (χ2n) is 5.96. The number of nitrogens with zero attached hydrogens (tertiary/aromatic N) is 1. The van der Waals surface area contributed by atoms with Crippen molar-refractivity contribution in [2.75, 3.05) is 13.1 Å². The standard InChI is InChI=1S/C19H18BrN5O3/c20-13-9-14(18(27)23-11-13)17(26)21-7-4-8-22-19(28)16-10-15(24-25-16)12-5-2-1-3-6-12/h1-3,5-6,9-11H,4,7-8H2,(H,21,26)(H,22,28)(H,23,27)(H,24,25). The highest BCUT2D eigenvalue weighted by Crippen LogP contribution is 2.16. The summed E-state index contributed by atoms with van der Waals surface area (Å²) in [6.45, 7) is 0.691. The lowest BCUT2D eigenvalue weighted by molar-refractivity contribution is 0.0947. The quantitative estimate of drug-likeness (QED) is 0.417. The lowest BCUT2D eigenvalue weighted by atomic mass is 10.1. The summed E-state index contributed by atoms with van der Waals surface area (Å²) in [7, 11) is 0. The number of carbonyl (C=O) groups is 2. The summed E-state index contributed by atoms with van der Waals surface area (Å²) in [6, 6.07) is 12.7. The van der Waals surface area contributed by atoms with Gasteiger partial charge in [0, 0.05) is 29.3 Å². The van der Waals surface area contributed by atoms with Crippen LogP contribution in [-0.4, -0.2) is 40.1 Å². The Morgan fingerprint density at radius 1 is 1.04 bits per heavy atom. The van der Waals surface area contributed by atoms with Crippen molar-refractivity contribution in [3.63, 3.8) is 0 Å². The second-order valence-corrected chi connectivity index (χ2v) is 6.87. The molecule has 1 aromatic carbocycles. The molecule has 0 saturated carbocycles. The van der Waals surface area contributed by atoms with E-state index in [4.69, 9.17) is 0 Å². The SMILES string of the molecule is O=C(NCCCNC(=O)c1cc(Br)c[nH]c1=O)c1cc(-c2ccccc2)n[nH]1. The van der Waals surface area contributed by atoms with Gasteiger partial charge in [0.1, 0.15) is 11.3 Å². The molecule has 8 nitrogen and oxygen atoms in total. The number of pyridine rings is 1. The molecule has 0 saturated heterocycles. The lowest BCUT2D eigenvalue weighted by Gasteiger charge is -2.06. The normalized spacial score (nSPS) is 10.5. The Morgan fingerprint density at radius 2 is 1.75 bits per heavy atom. The third kappa shape index (κ3) is 4.95. The van der Waals surface area contributed by atoms with Crippen LogP contribution in [0, 0.1) is 0 Å². The van der Waals surface area contributed by atoms with Crippen molar-refractivity contribution in [3.05, 3.63) is 74.7 Å². The highest BCUT2D eigenvalue weighted by atomic mass is 79.9. The molecule has 4 N–H and O–H groups in total. The molecule has 2 amide bonds. The van der Waals surface area contributed by atoms with Gasteiger partial charge in [-0.2, -0.15) is 5.10 Å². The van der Waals surface area contributed by atoms with E-state index in [0.29, 0.717) is 35.4 Å². The molecule has 3 rings (SSSR count). The number of rotatable bonds is 7. The Hall–Kier alpha value is -3.20. The van der Waals surface area contributed by atoms with Crippen molar-refractivity contribution in [3.8, 4) is 11.3 Å². The monoisotopic (exact) mass is 443 g/mol. The topological polar surface area (TPSA) is 120 Å². The minimum atomic E-state index is -0.463. The summed E-state index contributed by atoms with van der Waals surface area (Å²) >= 11 is 3.21. The fraction of sp³-hybridized carbons (Fsp3) is 0.158. The Morgan fingerprint density at radius 3 is 2.50 bits per heavy atom. The number of hydrogen-bond donors (Lipinski definition) is 4. The van der Waals surface area contributed by atoms with Crippen molar-refractivity contribution in [2.45, 2.75) is 6.42 Å². The van der Waals surface area contributed by atoms with Gasteiger partial charge < -0.3 is 15.6 Å². The van der Waals surface area contributed by atoms with Crippen LogP contribution in [0.3, 0.4) is 0 Å². The van der Waals surface area contributed by atoms with E-state index in [2.05, 4.69) is 41.7 Å². The van der Waals surface area contributed by atoms with E-state index >= 15 is 0 Å². The Balaban J connectivity index is 1.44. The summed E-state index contributed by atoms with van der Waals surface area (Å²) in [5.41, 5.74) is 1.55. The number of nitrogens with one attached hydrogen (secondary N) is 4. The maximum atomic E-state index is 12.2. The fourth-order valence-corrected chi connectivity index (χ4v) is 2.85. The lowest BCUT2D eigenvalue weighted by Crippen LogP contribution is -2.32. The number of carbonyl (C=O) groups excluding carboxylic acids is 2. The van der Waals surface area contributed by atoms with Crippen LogP contribution < -0.4 is 16.2 Å². The van der Waals surface area contributed by atoms with Gasteiger partial charge in [0.15, 0.2) is 0 Å². The molecule has 0 spiro atoms. The molecule has 28 heavy (non-hydrogen) atoms. The molecule has 144 valence electrons. The third-order valence-corrected chi connectivity index (χ3v) is 4.39. The molecular weight excluding hydrogens is 426 g/mol. The molecule has 2 heterocycles. The fourth-order valence-electron chi connectivity index (χ4n) is 2.50. The van der Waals surface area contributed by atoms with Gasteiger partial charge in [0.05, 0.1) is 5.69 Å². The van der Waals surface area contributed by atoms with Crippen molar-refractivity contribution < 1.29 is 9.59 Å². The number of hydrogen-bond acceptors (Lipinski definition) is 4. The smallest absolute Gasteiger partial charge is 0.269 e. The minimum absolute atomic E-state index is 0.0318. The summed E-state index contributed by atoms with van der Waals surface area (Å²) < 4.78 is 0.610. The molecule has 0 bridgehead atoms. The maximum absolute atomic E-state index is 12.2. The summed E-state index contributed by atoms with van der Waals surface area (Å²) in [5, 5.41) is 12.3. The second kappa shape index (κ2) is 9.14. The van der Waals surface area contributed by atoms with E-state index < -0.39 is 11.5 Å². The molecule has 9 heteroatoms. The predicted molar refractivity (Wildman–Crippen MR) is 108 cm³/mol. The van der Waals surface area contributed by atoms with Gasteiger partial charge >= 0.3 is 0 Å². The van der Waals surface area contributed by atoms with Crippen molar-refractivity contribution in [1.29, 1.82) is 0 Å². The molecule has 0 radical (unpaired) electrons. The largest absolute Gasteiger partial charge is 0.352 e. The highest BCUT2D eigenvalue weighted by Gasteiger charge is 2.12. The van der Waals surface area contributed by atoms with Crippen LogP contribution in [0.5, 0.6) is 0 Å². The van der Waals surface area contributed by atoms with Crippen LogP contribution in [0.2, 0.25) is 0 Å². The van der Waals surface area contributed by atoms with Gasteiger partial charge in [-0.1, -0.05) is 30.3 Å². The first-order chi connectivity index (χ1) is 13.5. The zero-order valence-electron chi connectivity index (χ0n) is 14.8. The number of aromatic nitrogens is 3. The average Bonchev–Trinajstić information content (AvgIpc) is 3.20. The summed E-state index contributed by atoms with van der Waals surface area (Å²) in [5.74, 6) is -0.737. The zero-order valence-corrected chi connectivity index (χ0v) is 16.4. The molecule has 0 unspecified atom stereocenters. The van der Waals surface area contributed by atoms with Crippen LogP contribution in [0.15, 0.2) is 57.9 Å². The van der Waals surface area contributed by atoms with Crippen LogP contribution >= 0.6 is 15.9 Å². The number of benzene rings is 1. The van der Waals surface area contributed by atoms with Crippen LogP contribution in [0.4, 0.5) is 0 Å². The van der Waals surface area contributed by atoms with Gasteiger partial charge in [0.2, 0.25) is 0 Å². The van der Waals surface area contributed by atoms with Gasteiger partial charge in [-0.25, -0.2) is 0 Å². The Kier molecular flexibility index (Phi) is 6.38. The molecule has 0 aliphatic carbocycles. The first-order valence-corrected chi connectivity index (χ1v) is 9.39. The Labute approximate surface area is 168 Å². The van der Waals surface area contributed by atoms with Gasteiger partial charge in [-0.3, -0.25) is 19.5 Å². The van der Waals surface area contributed by atoms with E-state index in [0.717, 1.165) is 5.56 Å². The number of halogens is 1. The van der Waals surface area contributed by atoms with E-state index in [1.807, 2.05) is 30.3 Å². The highest BCUT2D eigenvalue weighted by molar-refractivity contribution is 9.10. The summed E-state index contributed by atoms with van der Waals surface area (Å²) in [6.07, 6.45) is 1.98. The first-order valence-electron chi connectivity index (χ1n) is 8.60. The minimum Gasteiger partial charge on any atom is -0.352 e. The third-order valence-electron chi connectivity index (χ3n) is 3.93. The average molecular weight is 444 g/mol. The molecule has 2 aromatic heterocycles. The number of amides is 2. The molecule has 0 aliphatic heterocycles. The van der Waals surface area contributed by atoms with E-state index in [1.165, 1.54) is 12.3 Å². The van der Waals surface area contributed by atoms with E-state index in [9.17, 15) is 14.4 Å². The van der Waals surface area contributed by atoms with Crippen LogP contribution in [0.1, 0.15) is 27.3 Å². The van der Waals surface area contributed by atoms with E-state index in [-0.39, 0.29) is 11.5 Å². The van der Waals surface area contributed by atoms with Gasteiger partial charge in [-0.15, -0.1) is 0 Å². The predicted octanol–water partition coefficient (Wildman–Crippen LogP) is 2.08. The molecule has 0 aliphatic rings. The first kappa shape index (κ1) is 19.6. The van der Waals surface area contributed by atoms with Crippen LogP contribution in [-0.2, 0) is 0 Å². The van der Waals surface area contributed by atoms with Gasteiger partial charge in [-0.05, 0) is 34.5 Å². The van der Waals surface area contributed by atoms with Crippen LogP contribution in [0.25, 0.3) is 11.3 Å². The van der Waals surface area contributed by atoms with Gasteiger partial charge in [0.25, 0.3) is 17.4 Å². The van der Waals surface area contributed by atoms with Crippen molar-refractivity contribution >= 4 is 27.7 Å². The molecule has 0 fully saturated rings. The zero-order chi connectivity index (χ0) is 19.9. The van der Waals surface area contributed by atoms with Crippen molar-refractivity contribution in [2.24, 2.45) is 0 Å². The molecular formula is C19H18BrN5O3. The summed E-state index contributed by atoms with van der Waals surface area (Å²) in [4.78, 5) is 38.3. The number of aromatic amines is 2. The number of H-pyrrole nitrogens is 2. The Bertz CT molecular complexity index is 1030.